The topological polar surface area (TPSA) is 293 Å². The molecule has 8 aromatic rings. The predicted molar refractivity (Wildman–Crippen MR) is 369 cm³/mol. The van der Waals surface area contributed by atoms with Crippen molar-refractivity contribution >= 4 is 64.8 Å². The number of amides is 7. The molecule has 0 saturated heterocycles. The molecule has 0 radical (unpaired) electrons. The van der Waals surface area contributed by atoms with E-state index in [1.54, 1.807) is 74.5 Å². The number of aliphatic carboxylic acids is 1. The van der Waals surface area contributed by atoms with Crippen LogP contribution in [0.25, 0.3) is 0 Å². The number of carboxylic acids is 1. The van der Waals surface area contributed by atoms with E-state index in [2.05, 4.69) is 37.2 Å². The van der Waals surface area contributed by atoms with Crippen LogP contribution in [0.5, 0.6) is 5.75 Å². The summed E-state index contributed by atoms with van der Waals surface area (Å²) in [6.07, 6.45) is -1.67. The molecule has 8 aromatic carbocycles. The van der Waals surface area contributed by atoms with Crippen LogP contribution in [0.2, 0.25) is 0 Å². The maximum Gasteiger partial charge on any atom is 0.327 e. The first-order chi connectivity index (χ1) is 46.6. The smallest absolute Gasteiger partial charge is 0.327 e. The number of carbonyl (C=O) groups is 8. The molecule has 97 heavy (non-hydrogen) atoms. The third kappa shape index (κ3) is 17.5. The lowest BCUT2D eigenvalue weighted by Crippen LogP contribution is -2.61. The van der Waals surface area contributed by atoms with Crippen LogP contribution in [0.3, 0.4) is 0 Å². The van der Waals surface area contributed by atoms with Crippen LogP contribution in [0.15, 0.2) is 229 Å². The molecule has 7 amide bonds. The van der Waals surface area contributed by atoms with Crippen molar-refractivity contribution in [2.45, 2.75) is 119 Å². The van der Waals surface area contributed by atoms with Crippen molar-refractivity contribution < 1.29 is 53.1 Å². The average molecular weight is 1330 g/mol. The highest BCUT2D eigenvalue weighted by Crippen LogP contribution is 2.39. The van der Waals surface area contributed by atoms with Gasteiger partial charge in [-0.25, -0.2) is 4.79 Å². The molecule has 0 saturated carbocycles. The summed E-state index contributed by atoms with van der Waals surface area (Å²) in [5.41, 5.74) is 0.297. The maximum absolute atomic E-state index is 15.6. The predicted octanol–water partition coefficient (Wildman–Crippen LogP) is 9.68. The summed E-state index contributed by atoms with van der Waals surface area (Å²) < 4.78 is 6.03. The number of non-ortho nitro benzene ring substituents is 1. The van der Waals surface area contributed by atoms with E-state index in [0.29, 0.717) is 44.7 Å². The largest absolute Gasteiger partial charge is 0.488 e. The van der Waals surface area contributed by atoms with E-state index >= 15 is 28.8 Å². The third-order valence-electron chi connectivity index (χ3n) is 16.9. The Bertz CT molecular complexity index is 3880. The molecule has 0 aliphatic carbocycles. The molecule has 9 rings (SSSR count). The molecule has 20 nitrogen and oxygen atoms in total. The van der Waals surface area contributed by atoms with Crippen LogP contribution in [0, 0.1) is 16.0 Å². The molecular formula is C76H78N8O12S. The Morgan fingerprint density at radius 2 is 1.00 bits per heavy atom. The number of thioether (sulfide) groups is 1. The number of hydrogen-bond acceptors (Lipinski definition) is 12. The number of fused-ring (bicyclic) bond motifs is 1. The minimum Gasteiger partial charge on any atom is -0.488 e. The molecule has 8 N–H and O–H groups in total. The summed E-state index contributed by atoms with van der Waals surface area (Å²) in [6.45, 7) is 9.09. The van der Waals surface area contributed by atoms with Crippen LogP contribution >= 0.6 is 11.8 Å². The van der Waals surface area contributed by atoms with Gasteiger partial charge in [0.1, 0.15) is 52.6 Å². The lowest BCUT2D eigenvalue weighted by atomic mass is 9.77. The second-order valence-corrected chi connectivity index (χ2v) is 25.8. The number of nitrogens with zero attached hydrogens (tertiary/aromatic N) is 1. The van der Waals surface area contributed by atoms with Crippen molar-refractivity contribution in [1.29, 1.82) is 0 Å². The number of carboxylic acid groups (broad SMARTS) is 1. The third-order valence-corrected chi connectivity index (χ3v) is 18.0. The molecule has 1 aliphatic rings. The molecule has 0 bridgehead atoms. The van der Waals surface area contributed by atoms with Crippen LogP contribution in [-0.2, 0) is 51.1 Å². The summed E-state index contributed by atoms with van der Waals surface area (Å²) in [4.78, 5) is 131. The van der Waals surface area contributed by atoms with Gasteiger partial charge in [-0.05, 0) is 90.3 Å². The minimum absolute atomic E-state index is 0.0185. The minimum atomic E-state index is -1.92. The fourth-order valence-corrected chi connectivity index (χ4v) is 12.8. The Hall–Kier alpha value is -10.9. The quantitative estimate of drug-likeness (QED) is 0.0201. The summed E-state index contributed by atoms with van der Waals surface area (Å²) in [5, 5.41) is 43.2. The van der Waals surface area contributed by atoms with Gasteiger partial charge in [0.25, 0.3) is 11.6 Å². The number of carbonyl (C=O) groups excluding carboxylic acids is 7. The monoisotopic (exact) mass is 1330 g/mol. The lowest BCUT2D eigenvalue weighted by molar-refractivity contribution is -0.384. The molecule has 0 aromatic heterocycles. The van der Waals surface area contributed by atoms with Gasteiger partial charge in [0.15, 0.2) is 0 Å². The van der Waals surface area contributed by atoms with Gasteiger partial charge in [0.2, 0.25) is 35.4 Å². The van der Waals surface area contributed by atoms with Gasteiger partial charge in [-0.2, -0.15) is 0 Å². The maximum atomic E-state index is 15.6. The van der Waals surface area contributed by atoms with E-state index in [1.807, 2.05) is 166 Å². The normalized spacial score (nSPS) is 17.9. The van der Waals surface area contributed by atoms with Crippen molar-refractivity contribution in [2.24, 2.45) is 5.92 Å². The summed E-state index contributed by atoms with van der Waals surface area (Å²) in [5.74, 6) is -8.66. The zero-order chi connectivity index (χ0) is 69.3. The molecule has 0 spiro atoms. The second-order valence-electron chi connectivity index (χ2n) is 24.8. The number of ether oxygens (including phenoxy) is 1. The molecular weight excluding hydrogens is 1250 g/mol. The van der Waals surface area contributed by atoms with Crippen LogP contribution in [0.1, 0.15) is 110 Å². The van der Waals surface area contributed by atoms with Gasteiger partial charge >= 0.3 is 5.97 Å². The van der Waals surface area contributed by atoms with Crippen molar-refractivity contribution in [3.8, 4) is 5.75 Å². The lowest BCUT2D eigenvalue weighted by Gasteiger charge is -2.37. The summed E-state index contributed by atoms with van der Waals surface area (Å²) in [7, 11) is 0. The first-order valence-electron chi connectivity index (χ1n) is 32.0. The van der Waals surface area contributed by atoms with E-state index in [9.17, 15) is 24.8 Å². The Morgan fingerprint density at radius 3 is 1.43 bits per heavy atom. The fraction of sp³-hybridized carbons (Fsp3) is 0.263. The van der Waals surface area contributed by atoms with Gasteiger partial charge in [0, 0.05) is 35.6 Å². The Labute approximate surface area is 567 Å². The van der Waals surface area contributed by atoms with Crippen LogP contribution < -0.4 is 42.0 Å². The molecule has 1 aliphatic heterocycles. The highest BCUT2D eigenvalue weighted by molar-refractivity contribution is 7.99. The summed E-state index contributed by atoms with van der Waals surface area (Å²) >= 11 is 0.749. The van der Waals surface area contributed by atoms with Gasteiger partial charge in [0.05, 0.1) is 16.9 Å². The van der Waals surface area contributed by atoms with Crippen molar-refractivity contribution in [2.75, 3.05) is 5.75 Å². The standard InChI is InChI=1S/C76H78N8O12S/c1-6-49(2)67-72(91)77-60(42-44-65(85)82-75(51-25-13-7-14-26-51,52-27-15-8-16-28-52)53-29-17-9-18-30-53)69(88)79-62(47-66(86)83-76(54-31-19-10-20-32-54,55-33-21-11-22-34-55)56-35-23-12-24-36-56)70(89)80-63(73(92)93)48-97-64-43-39-57(84(94)95)46-59(64)68(87)78-61(71(90)81-67)45-50-37-40-58(41-38-50)96-74(3,4)5/h7-41,43,46,49,60-63,67H,6,42,44-45,47-48H2,1-5H3,(H,77,91)(H,78,87)(H,79,88)(H,80,89)(H,81,90)(H,82,85)(H,83,86)(H,92,93)/t49-,60?,61-,62-,63?,67-/m0/s1. The van der Waals surface area contributed by atoms with Gasteiger partial charge in [-0.1, -0.05) is 214 Å². The van der Waals surface area contributed by atoms with Crippen molar-refractivity contribution in [1.82, 2.24) is 37.2 Å². The van der Waals surface area contributed by atoms with E-state index in [4.69, 9.17) is 4.74 Å². The Balaban J connectivity index is 1.14. The van der Waals surface area contributed by atoms with Crippen LogP contribution in [-0.4, -0.2) is 98.9 Å². The highest BCUT2D eigenvalue weighted by atomic mass is 32.2. The summed E-state index contributed by atoms with van der Waals surface area (Å²) in [6, 6.07) is 56.8. The average Bonchev–Trinajstić information content (AvgIpc) is 0.778. The van der Waals surface area contributed by atoms with E-state index in [-0.39, 0.29) is 23.3 Å². The number of rotatable bonds is 20. The Morgan fingerprint density at radius 1 is 0.567 bits per heavy atom. The number of hydrogen-bond donors (Lipinski definition) is 8. The zero-order valence-corrected chi connectivity index (χ0v) is 55.2. The van der Waals surface area contributed by atoms with Crippen molar-refractivity contribution in [3.05, 3.63) is 279 Å². The van der Waals surface area contributed by atoms with E-state index in [1.165, 1.54) is 6.07 Å². The SMILES string of the molecule is CC[C@H](C)[C@@H]1NC(=O)[C@H](Cc2ccc(OC(C)(C)C)cc2)NC(=O)c2cc([N+](=O)[O-])ccc2SCC(C(=O)O)NC(=O)[C@H](CC(=O)NC(c2ccccc2)(c2ccccc2)c2ccccc2)NC(=O)C(CCC(=O)NC(c2ccccc2)(c2ccccc2)c2ccccc2)NC1=O. The number of nitrogens with one attached hydrogen (secondary N) is 7. The van der Waals surface area contributed by atoms with Gasteiger partial charge in [-0.3, -0.25) is 43.7 Å². The number of nitro groups is 1. The number of nitro benzene ring substituents is 1. The molecule has 6 atom stereocenters. The molecule has 500 valence electrons. The second kappa shape index (κ2) is 32.0. The van der Waals surface area contributed by atoms with Crippen LogP contribution in [0.4, 0.5) is 5.69 Å². The Kier molecular flexibility index (Phi) is 23.2. The molecule has 1 heterocycles. The van der Waals surface area contributed by atoms with Crippen molar-refractivity contribution in [3.63, 3.8) is 0 Å². The zero-order valence-electron chi connectivity index (χ0n) is 54.4. The van der Waals surface area contributed by atoms with E-state index in [0.717, 1.165) is 23.9 Å². The van der Waals surface area contributed by atoms with Gasteiger partial charge < -0.3 is 47.1 Å². The first kappa shape index (κ1) is 70.4. The molecule has 0 fully saturated rings. The fourth-order valence-electron chi connectivity index (χ4n) is 11.8. The first-order valence-corrected chi connectivity index (χ1v) is 33.0. The highest BCUT2D eigenvalue weighted by Gasteiger charge is 2.42. The van der Waals surface area contributed by atoms with Gasteiger partial charge in [-0.15, -0.1) is 11.8 Å². The van der Waals surface area contributed by atoms with E-state index < -0.39 is 136 Å². The molecule has 21 heteroatoms. The molecule has 2 unspecified atom stereocenters. The number of benzene rings is 8.